The molecule has 0 saturated carbocycles. The average molecular weight is 309 g/mol. The summed E-state index contributed by atoms with van der Waals surface area (Å²) < 4.78 is 13.2. The molecule has 0 unspecified atom stereocenters. The molecular weight excluding hydrogens is 289 g/mol. The first-order valence-corrected chi connectivity index (χ1v) is 7.88. The lowest BCUT2D eigenvalue weighted by Gasteiger charge is -2.20. The lowest BCUT2D eigenvalue weighted by Crippen LogP contribution is -2.21. The van der Waals surface area contributed by atoms with Crippen molar-refractivity contribution in [3.8, 4) is 0 Å². The van der Waals surface area contributed by atoms with Crippen molar-refractivity contribution in [3.63, 3.8) is 0 Å². The molecule has 0 aliphatic rings. The van der Waals surface area contributed by atoms with Crippen LogP contribution in [0.2, 0.25) is 0 Å². The fraction of sp³-hybridized carbons (Fsp3) is 0.211. The first-order valence-electron chi connectivity index (χ1n) is 7.88. The Labute approximate surface area is 135 Å². The number of anilines is 1. The maximum atomic E-state index is 13.2. The fourth-order valence-corrected chi connectivity index (χ4v) is 2.64. The van der Waals surface area contributed by atoms with Crippen LogP contribution in [0.5, 0.6) is 0 Å². The van der Waals surface area contributed by atoms with Gasteiger partial charge in [-0.15, -0.1) is 0 Å². The number of benzene rings is 2. The predicted molar refractivity (Wildman–Crippen MR) is 95.0 cm³/mol. The summed E-state index contributed by atoms with van der Waals surface area (Å²) in [5.74, 6) is 0.460. The number of hydrogen-bond donors (Lipinski definition) is 1. The molecule has 3 nitrogen and oxygen atoms in total. The summed E-state index contributed by atoms with van der Waals surface area (Å²) in [5, 5.41) is 0. The van der Waals surface area contributed by atoms with E-state index in [1.54, 1.807) is 6.07 Å². The van der Waals surface area contributed by atoms with Gasteiger partial charge in [-0.05, 0) is 55.8 Å². The summed E-state index contributed by atoms with van der Waals surface area (Å²) in [7, 11) is 0. The van der Waals surface area contributed by atoms with E-state index in [-0.39, 0.29) is 5.82 Å². The number of nitrogens with zero attached hydrogens (tertiary/aromatic N) is 2. The summed E-state index contributed by atoms with van der Waals surface area (Å²) >= 11 is 0. The summed E-state index contributed by atoms with van der Waals surface area (Å²) in [4.78, 5) is 9.84. The molecule has 3 rings (SSSR count). The van der Waals surface area contributed by atoms with Crippen LogP contribution in [0.4, 0.5) is 10.1 Å². The normalized spacial score (nSPS) is 11.4. The van der Waals surface area contributed by atoms with Crippen molar-refractivity contribution in [3.05, 3.63) is 59.7 Å². The number of fused-ring (bicyclic) bond motifs is 1. The van der Waals surface area contributed by atoms with Gasteiger partial charge in [-0.2, -0.15) is 0 Å². The second-order valence-corrected chi connectivity index (χ2v) is 5.38. The smallest absolute Gasteiger partial charge is 0.131 e. The summed E-state index contributed by atoms with van der Waals surface area (Å²) in [6.45, 7) is 6.31. The van der Waals surface area contributed by atoms with E-state index in [0.717, 1.165) is 30.0 Å². The van der Waals surface area contributed by atoms with Crippen LogP contribution in [0.3, 0.4) is 0 Å². The van der Waals surface area contributed by atoms with E-state index in [1.807, 2.05) is 12.2 Å². The molecule has 0 amide bonds. The van der Waals surface area contributed by atoms with Crippen LogP contribution in [-0.2, 0) is 0 Å². The van der Waals surface area contributed by atoms with Gasteiger partial charge in [0.05, 0.1) is 11.0 Å². The number of rotatable bonds is 5. The standard InChI is InChI=1S/C19H20FN3/c1-3-23(4-2)16-9-5-14(6-10-16)7-12-19-21-17-11-8-15(20)13-18(17)22-19/h5-13H,3-4H2,1-2H3,(H,21,22)/b12-7+. The molecule has 118 valence electrons. The molecule has 0 aliphatic carbocycles. The highest BCUT2D eigenvalue weighted by atomic mass is 19.1. The Morgan fingerprint density at radius 2 is 1.78 bits per heavy atom. The molecule has 0 radical (unpaired) electrons. The molecule has 0 saturated heterocycles. The van der Waals surface area contributed by atoms with Crippen molar-refractivity contribution >= 4 is 28.9 Å². The summed E-state index contributed by atoms with van der Waals surface area (Å²) in [5.41, 5.74) is 3.81. The highest BCUT2D eigenvalue weighted by Crippen LogP contribution is 2.17. The van der Waals surface area contributed by atoms with Crippen molar-refractivity contribution in [2.75, 3.05) is 18.0 Å². The van der Waals surface area contributed by atoms with Crippen LogP contribution in [0.1, 0.15) is 25.2 Å². The van der Waals surface area contributed by atoms with Gasteiger partial charge >= 0.3 is 0 Å². The van der Waals surface area contributed by atoms with Crippen molar-refractivity contribution in [1.29, 1.82) is 0 Å². The zero-order valence-electron chi connectivity index (χ0n) is 13.4. The molecule has 4 heteroatoms. The Kier molecular flexibility index (Phi) is 4.42. The van der Waals surface area contributed by atoms with E-state index < -0.39 is 0 Å². The van der Waals surface area contributed by atoms with Crippen LogP contribution in [-0.4, -0.2) is 23.1 Å². The number of nitrogens with one attached hydrogen (secondary N) is 1. The molecule has 0 fully saturated rings. The zero-order chi connectivity index (χ0) is 16.2. The Hall–Kier alpha value is -2.62. The predicted octanol–water partition coefficient (Wildman–Crippen LogP) is 4.72. The monoisotopic (exact) mass is 309 g/mol. The molecule has 0 bridgehead atoms. The average Bonchev–Trinajstić information content (AvgIpc) is 2.97. The second-order valence-electron chi connectivity index (χ2n) is 5.38. The largest absolute Gasteiger partial charge is 0.372 e. The maximum absolute atomic E-state index is 13.2. The number of imidazole rings is 1. The Morgan fingerprint density at radius 1 is 1.04 bits per heavy atom. The third-order valence-electron chi connectivity index (χ3n) is 3.92. The molecular formula is C19H20FN3. The maximum Gasteiger partial charge on any atom is 0.131 e. The zero-order valence-corrected chi connectivity index (χ0v) is 13.4. The van der Waals surface area contributed by atoms with Crippen molar-refractivity contribution < 1.29 is 4.39 Å². The molecule has 1 N–H and O–H groups in total. The van der Waals surface area contributed by atoms with Gasteiger partial charge in [0, 0.05) is 18.8 Å². The Balaban J connectivity index is 1.78. The van der Waals surface area contributed by atoms with Gasteiger partial charge in [0.15, 0.2) is 0 Å². The van der Waals surface area contributed by atoms with Gasteiger partial charge in [-0.1, -0.05) is 18.2 Å². The highest BCUT2D eigenvalue weighted by Gasteiger charge is 2.02. The molecule has 1 heterocycles. The van der Waals surface area contributed by atoms with Gasteiger partial charge < -0.3 is 9.88 Å². The minimum atomic E-state index is -0.260. The van der Waals surface area contributed by atoms with Gasteiger partial charge in [0.1, 0.15) is 11.6 Å². The number of aromatic amines is 1. The third kappa shape index (κ3) is 3.42. The Bertz CT molecular complexity index is 814. The van der Waals surface area contributed by atoms with Crippen LogP contribution < -0.4 is 4.90 Å². The van der Waals surface area contributed by atoms with Crippen LogP contribution in [0, 0.1) is 5.82 Å². The topological polar surface area (TPSA) is 31.9 Å². The molecule has 0 atom stereocenters. The minimum Gasteiger partial charge on any atom is -0.372 e. The van der Waals surface area contributed by atoms with Crippen molar-refractivity contribution in [2.24, 2.45) is 0 Å². The van der Waals surface area contributed by atoms with E-state index >= 15 is 0 Å². The van der Waals surface area contributed by atoms with E-state index in [9.17, 15) is 4.39 Å². The second kappa shape index (κ2) is 6.65. The van der Waals surface area contributed by atoms with E-state index in [1.165, 1.54) is 17.8 Å². The number of H-pyrrole nitrogens is 1. The van der Waals surface area contributed by atoms with Crippen LogP contribution in [0.15, 0.2) is 42.5 Å². The van der Waals surface area contributed by atoms with Gasteiger partial charge in [0.2, 0.25) is 0 Å². The molecule has 23 heavy (non-hydrogen) atoms. The molecule has 0 spiro atoms. The summed E-state index contributed by atoms with van der Waals surface area (Å²) in [6.07, 6.45) is 3.91. The fourth-order valence-electron chi connectivity index (χ4n) is 2.64. The lowest BCUT2D eigenvalue weighted by molar-refractivity contribution is 0.629. The minimum absolute atomic E-state index is 0.260. The van der Waals surface area contributed by atoms with Crippen LogP contribution in [0.25, 0.3) is 23.2 Å². The quantitative estimate of drug-likeness (QED) is 0.739. The summed E-state index contributed by atoms with van der Waals surface area (Å²) in [6, 6.07) is 13.0. The van der Waals surface area contributed by atoms with E-state index in [4.69, 9.17) is 0 Å². The Morgan fingerprint density at radius 3 is 2.48 bits per heavy atom. The van der Waals surface area contributed by atoms with Gasteiger partial charge in [-0.3, -0.25) is 0 Å². The first kappa shape index (κ1) is 15.3. The third-order valence-corrected chi connectivity index (χ3v) is 3.92. The van der Waals surface area contributed by atoms with Gasteiger partial charge in [0.25, 0.3) is 0 Å². The van der Waals surface area contributed by atoms with Gasteiger partial charge in [-0.25, -0.2) is 9.37 Å². The van der Waals surface area contributed by atoms with Crippen molar-refractivity contribution in [2.45, 2.75) is 13.8 Å². The molecule has 3 aromatic rings. The SMILES string of the molecule is CCN(CC)c1ccc(/C=C/c2nc3ccc(F)cc3[nH]2)cc1. The molecule has 1 aromatic heterocycles. The number of aromatic nitrogens is 2. The molecule has 2 aromatic carbocycles. The first-order chi connectivity index (χ1) is 11.2. The number of halogens is 1. The van der Waals surface area contributed by atoms with Crippen molar-refractivity contribution in [1.82, 2.24) is 9.97 Å². The van der Waals surface area contributed by atoms with E-state index in [2.05, 4.69) is 53.0 Å². The van der Waals surface area contributed by atoms with E-state index in [0.29, 0.717) is 5.52 Å². The highest BCUT2D eigenvalue weighted by molar-refractivity contribution is 5.78. The van der Waals surface area contributed by atoms with Crippen LogP contribution >= 0.6 is 0 Å². The molecule has 0 aliphatic heterocycles. The lowest BCUT2D eigenvalue weighted by atomic mass is 10.2. The number of hydrogen-bond acceptors (Lipinski definition) is 2.